The fraction of sp³-hybridized carbons (Fsp3) is 0.545. The number of hydrogen-bond acceptors (Lipinski definition) is 5. The van der Waals surface area contributed by atoms with Crippen molar-refractivity contribution < 1.29 is 9.53 Å². The maximum absolute atomic E-state index is 11.7. The Morgan fingerprint density at radius 1 is 1.35 bits per heavy atom. The van der Waals surface area contributed by atoms with E-state index in [1.54, 1.807) is 49.5 Å². The zero-order valence-corrected chi connectivity index (χ0v) is 10.5. The molecule has 0 bridgehead atoms. The molecular formula is C11H18N4O2. The van der Waals surface area contributed by atoms with E-state index >= 15 is 0 Å². The van der Waals surface area contributed by atoms with Crippen LogP contribution in [0.1, 0.15) is 0 Å². The maximum Gasteiger partial charge on any atom is 0.241 e. The van der Waals surface area contributed by atoms with Gasteiger partial charge in [0.25, 0.3) is 0 Å². The number of likely N-dealkylation sites (N-methyl/N-ethyl adjacent to an activating group) is 1. The molecule has 0 aliphatic rings. The van der Waals surface area contributed by atoms with Gasteiger partial charge in [-0.1, -0.05) is 0 Å². The number of carbonyl (C=O) groups excluding carboxylic acids is 1. The van der Waals surface area contributed by atoms with E-state index in [9.17, 15) is 4.79 Å². The highest BCUT2D eigenvalue weighted by atomic mass is 16.5. The lowest BCUT2D eigenvalue weighted by Crippen LogP contribution is -2.39. The van der Waals surface area contributed by atoms with E-state index in [-0.39, 0.29) is 12.5 Å². The third kappa shape index (κ3) is 4.36. The van der Waals surface area contributed by atoms with Crippen LogP contribution in [0.5, 0.6) is 0 Å². The largest absolute Gasteiger partial charge is 0.383 e. The Kier molecular flexibility index (Phi) is 5.35. The molecule has 0 atom stereocenters. The second-order valence-electron chi connectivity index (χ2n) is 3.75. The molecule has 1 heterocycles. The van der Waals surface area contributed by atoms with Crippen molar-refractivity contribution in [2.75, 3.05) is 45.8 Å². The van der Waals surface area contributed by atoms with Gasteiger partial charge in [0.1, 0.15) is 0 Å². The minimum Gasteiger partial charge on any atom is -0.383 e. The molecule has 0 fully saturated rings. The number of anilines is 1. The van der Waals surface area contributed by atoms with Crippen molar-refractivity contribution in [1.29, 1.82) is 0 Å². The predicted molar refractivity (Wildman–Crippen MR) is 64.8 cm³/mol. The number of carbonyl (C=O) groups is 1. The molecule has 0 aliphatic carbocycles. The molecule has 0 radical (unpaired) electrons. The van der Waals surface area contributed by atoms with Crippen LogP contribution in [0.25, 0.3) is 0 Å². The lowest BCUT2D eigenvalue weighted by atomic mass is 10.4. The smallest absolute Gasteiger partial charge is 0.241 e. The van der Waals surface area contributed by atoms with E-state index in [1.165, 1.54) is 0 Å². The zero-order valence-electron chi connectivity index (χ0n) is 10.5. The summed E-state index contributed by atoms with van der Waals surface area (Å²) in [6.45, 7) is 1.36. The zero-order chi connectivity index (χ0) is 12.7. The summed E-state index contributed by atoms with van der Waals surface area (Å²) in [5.74, 6) is 0.549. The van der Waals surface area contributed by atoms with Crippen LogP contribution in [0.15, 0.2) is 18.5 Å². The third-order valence-corrected chi connectivity index (χ3v) is 2.23. The Balaban J connectivity index is 2.70. The molecule has 94 valence electrons. The summed E-state index contributed by atoms with van der Waals surface area (Å²) in [6.07, 6.45) is 3.31. The number of amides is 1. The maximum atomic E-state index is 11.7. The number of nitrogens with zero attached hydrogens (tertiary/aromatic N) is 4. The van der Waals surface area contributed by atoms with Crippen LogP contribution in [0.2, 0.25) is 0 Å². The second-order valence-corrected chi connectivity index (χ2v) is 3.75. The Morgan fingerprint density at radius 2 is 2.00 bits per heavy atom. The van der Waals surface area contributed by atoms with Crippen molar-refractivity contribution >= 4 is 11.9 Å². The van der Waals surface area contributed by atoms with Crippen molar-refractivity contribution in [3.05, 3.63) is 18.5 Å². The van der Waals surface area contributed by atoms with Crippen molar-refractivity contribution in [3.63, 3.8) is 0 Å². The molecule has 0 N–H and O–H groups in total. The van der Waals surface area contributed by atoms with Gasteiger partial charge in [-0.05, 0) is 6.07 Å². The van der Waals surface area contributed by atoms with Gasteiger partial charge in [-0.3, -0.25) is 4.79 Å². The number of aromatic nitrogens is 2. The summed E-state index contributed by atoms with van der Waals surface area (Å²) in [4.78, 5) is 23.3. The molecule has 1 rings (SSSR count). The molecule has 1 amide bonds. The molecule has 0 saturated carbocycles. The van der Waals surface area contributed by atoms with E-state index < -0.39 is 0 Å². The Bertz CT molecular complexity index is 343. The van der Waals surface area contributed by atoms with Crippen LogP contribution in [-0.2, 0) is 9.53 Å². The standard InChI is InChI=1S/C11H18N4O2/c1-14(2)10(16)9-15(7-8-17-3)11-12-5-4-6-13-11/h4-6H,7-9H2,1-3H3. The van der Waals surface area contributed by atoms with Crippen molar-refractivity contribution in [2.45, 2.75) is 0 Å². The van der Waals surface area contributed by atoms with E-state index in [0.717, 1.165) is 0 Å². The fourth-order valence-electron chi connectivity index (χ4n) is 1.21. The first-order chi connectivity index (χ1) is 8.15. The summed E-state index contributed by atoms with van der Waals surface area (Å²) >= 11 is 0. The Hall–Kier alpha value is -1.69. The quantitative estimate of drug-likeness (QED) is 0.699. The summed E-state index contributed by atoms with van der Waals surface area (Å²) < 4.78 is 5.01. The average molecular weight is 238 g/mol. The number of methoxy groups -OCH3 is 1. The van der Waals surface area contributed by atoms with Crippen LogP contribution in [0.3, 0.4) is 0 Å². The van der Waals surface area contributed by atoms with Crippen LogP contribution >= 0.6 is 0 Å². The molecule has 0 spiro atoms. The summed E-state index contributed by atoms with van der Waals surface area (Å²) in [6, 6.07) is 1.74. The average Bonchev–Trinajstić information content (AvgIpc) is 2.35. The SMILES string of the molecule is COCCN(CC(=O)N(C)C)c1ncccn1. The lowest BCUT2D eigenvalue weighted by Gasteiger charge is -2.23. The van der Waals surface area contributed by atoms with Gasteiger partial charge < -0.3 is 14.5 Å². The number of rotatable bonds is 6. The van der Waals surface area contributed by atoms with Crippen LogP contribution in [0.4, 0.5) is 5.95 Å². The van der Waals surface area contributed by atoms with Crippen LogP contribution < -0.4 is 4.90 Å². The molecule has 0 unspecified atom stereocenters. The molecular weight excluding hydrogens is 220 g/mol. The molecule has 6 nitrogen and oxygen atoms in total. The summed E-state index contributed by atoms with van der Waals surface area (Å²) in [7, 11) is 5.07. The molecule has 1 aromatic heterocycles. The fourth-order valence-corrected chi connectivity index (χ4v) is 1.21. The first kappa shape index (κ1) is 13.4. The molecule has 0 saturated heterocycles. The van der Waals surface area contributed by atoms with Crippen molar-refractivity contribution in [3.8, 4) is 0 Å². The molecule has 1 aromatic rings. The van der Waals surface area contributed by atoms with E-state index in [4.69, 9.17) is 4.74 Å². The monoisotopic (exact) mass is 238 g/mol. The highest BCUT2D eigenvalue weighted by Gasteiger charge is 2.14. The van der Waals surface area contributed by atoms with E-state index in [1.807, 2.05) is 0 Å². The molecule has 6 heteroatoms. The molecule has 0 aromatic carbocycles. The van der Waals surface area contributed by atoms with Crippen LogP contribution in [-0.4, -0.2) is 61.7 Å². The van der Waals surface area contributed by atoms with Crippen molar-refractivity contribution in [1.82, 2.24) is 14.9 Å². The van der Waals surface area contributed by atoms with Gasteiger partial charge in [-0.25, -0.2) is 9.97 Å². The summed E-state index contributed by atoms with van der Waals surface area (Å²) in [5.41, 5.74) is 0. The minimum atomic E-state index is 0.00792. The van der Waals surface area contributed by atoms with Gasteiger partial charge in [0.2, 0.25) is 11.9 Å². The molecule has 17 heavy (non-hydrogen) atoms. The molecule has 0 aliphatic heterocycles. The predicted octanol–water partition coefficient (Wildman–Crippen LogP) is 0.0176. The van der Waals surface area contributed by atoms with Gasteiger partial charge in [-0.2, -0.15) is 0 Å². The Labute approximate surface area is 101 Å². The third-order valence-electron chi connectivity index (χ3n) is 2.23. The normalized spacial score (nSPS) is 10.1. The first-order valence-electron chi connectivity index (χ1n) is 5.36. The Morgan fingerprint density at radius 3 is 2.53 bits per heavy atom. The van der Waals surface area contributed by atoms with Gasteiger partial charge >= 0.3 is 0 Å². The van der Waals surface area contributed by atoms with Gasteiger partial charge in [0, 0.05) is 40.1 Å². The first-order valence-corrected chi connectivity index (χ1v) is 5.36. The highest BCUT2D eigenvalue weighted by Crippen LogP contribution is 2.04. The van der Waals surface area contributed by atoms with Gasteiger partial charge in [0.15, 0.2) is 0 Å². The number of hydrogen-bond donors (Lipinski definition) is 0. The second kappa shape index (κ2) is 6.80. The topological polar surface area (TPSA) is 58.6 Å². The number of ether oxygens (including phenoxy) is 1. The lowest BCUT2D eigenvalue weighted by molar-refractivity contribution is -0.127. The highest BCUT2D eigenvalue weighted by molar-refractivity contribution is 5.80. The van der Waals surface area contributed by atoms with Crippen molar-refractivity contribution in [2.24, 2.45) is 0 Å². The minimum absolute atomic E-state index is 0.00792. The van der Waals surface area contributed by atoms with Gasteiger partial charge in [-0.15, -0.1) is 0 Å². The van der Waals surface area contributed by atoms with Crippen LogP contribution in [0, 0.1) is 0 Å². The summed E-state index contributed by atoms with van der Waals surface area (Å²) in [5, 5.41) is 0. The van der Waals surface area contributed by atoms with E-state index in [2.05, 4.69) is 9.97 Å². The van der Waals surface area contributed by atoms with Gasteiger partial charge in [0.05, 0.1) is 13.2 Å². The van der Waals surface area contributed by atoms with E-state index in [0.29, 0.717) is 19.1 Å².